The Labute approximate surface area is 76.3 Å². The average Bonchev–Trinajstić information content (AvgIpc) is 1.93. The van der Waals surface area contributed by atoms with Crippen molar-refractivity contribution >= 4 is 29.8 Å². The van der Waals surface area contributed by atoms with Gasteiger partial charge in [-0.1, -0.05) is 0 Å². The molecule has 0 saturated heterocycles. The zero-order chi connectivity index (χ0) is 8.27. The van der Waals surface area contributed by atoms with Crippen LogP contribution in [0, 0.1) is 0 Å². The van der Waals surface area contributed by atoms with E-state index >= 15 is 0 Å². The molecule has 0 fully saturated rings. The molecule has 0 radical (unpaired) electrons. The molecule has 66 valence electrons. The molecule has 12 heavy (non-hydrogen) atoms. The highest BCUT2D eigenvalue weighted by atomic mass is 35.5. The van der Waals surface area contributed by atoms with Gasteiger partial charge in [-0.2, -0.15) is 0 Å². The van der Waals surface area contributed by atoms with E-state index in [1.54, 1.807) is 24.3 Å². The number of hydrogen-bond donors (Lipinski definition) is 3. The number of carbonyl (C=O) groups excluding carboxylic acids is 1. The van der Waals surface area contributed by atoms with E-state index in [0.717, 1.165) is 0 Å². The van der Waals surface area contributed by atoms with Crippen molar-refractivity contribution in [2.45, 2.75) is 0 Å². The van der Waals surface area contributed by atoms with Gasteiger partial charge in [-0.05, 0) is 24.3 Å². The van der Waals surface area contributed by atoms with Crippen LogP contribution >= 0.6 is 12.4 Å². The maximum Gasteiger partial charge on any atom is 0.316 e. The molecule has 0 aromatic heterocycles. The minimum atomic E-state index is -0.574. The van der Waals surface area contributed by atoms with Crippen LogP contribution in [0.4, 0.5) is 16.2 Å². The number of carbonyl (C=O) groups is 1. The molecule has 0 atom stereocenters. The van der Waals surface area contributed by atoms with Crippen molar-refractivity contribution in [2.24, 2.45) is 5.73 Å². The maximum absolute atomic E-state index is 10.3. The van der Waals surface area contributed by atoms with E-state index in [4.69, 9.17) is 11.5 Å². The third-order valence-electron chi connectivity index (χ3n) is 1.18. The Hall–Kier alpha value is -1.42. The van der Waals surface area contributed by atoms with Crippen LogP contribution in [0.15, 0.2) is 24.3 Å². The van der Waals surface area contributed by atoms with Crippen LogP contribution in [0.5, 0.6) is 0 Å². The summed E-state index contributed by atoms with van der Waals surface area (Å²) in [4.78, 5) is 10.3. The molecule has 5 N–H and O–H groups in total. The summed E-state index contributed by atoms with van der Waals surface area (Å²) in [5.41, 5.74) is 11.6. The fourth-order valence-corrected chi connectivity index (χ4v) is 0.709. The molecule has 2 amide bonds. The Morgan fingerprint density at radius 2 is 1.75 bits per heavy atom. The molecule has 5 heteroatoms. The van der Waals surface area contributed by atoms with Gasteiger partial charge in [0.15, 0.2) is 0 Å². The second kappa shape index (κ2) is 4.46. The zero-order valence-corrected chi connectivity index (χ0v) is 7.10. The molecule has 1 rings (SSSR count). The summed E-state index contributed by atoms with van der Waals surface area (Å²) in [6, 6.07) is 6.16. The number of nitrogen functional groups attached to an aromatic ring is 1. The van der Waals surface area contributed by atoms with E-state index in [1.807, 2.05) is 0 Å². The number of anilines is 2. The number of nitrogens with two attached hydrogens (primary N) is 2. The second-order valence-electron chi connectivity index (χ2n) is 2.11. The van der Waals surface area contributed by atoms with Crippen molar-refractivity contribution in [2.75, 3.05) is 11.1 Å². The number of halogens is 1. The fourth-order valence-electron chi connectivity index (χ4n) is 0.709. The number of primary amides is 1. The Kier molecular flexibility index (Phi) is 3.93. The average molecular weight is 188 g/mol. The van der Waals surface area contributed by atoms with Crippen LogP contribution in [0.1, 0.15) is 0 Å². The van der Waals surface area contributed by atoms with Crippen LogP contribution in [0.2, 0.25) is 0 Å². The lowest BCUT2D eigenvalue weighted by molar-refractivity contribution is 0.259. The molecule has 0 aliphatic rings. The van der Waals surface area contributed by atoms with Gasteiger partial charge >= 0.3 is 6.03 Å². The van der Waals surface area contributed by atoms with E-state index in [-0.39, 0.29) is 12.4 Å². The lowest BCUT2D eigenvalue weighted by Crippen LogP contribution is -2.19. The minimum absolute atomic E-state index is 0. The summed E-state index contributed by atoms with van der Waals surface area (Å²) < 4.78 is 0. The molecular weight excluding hydrogens is 178 g/mol. The van der Waals surface area contributed by atoms with Crippen LogP contribution < -0.4 is 16.8 Å². The molecular formula is C7H10ClN3O. The first-order valence-corrected chi connectivity index (χ1v) is 3.10. The van der Waals surface area contributed by atoms with Crippen molar-refractivity contribution in [3.63, 3.8) is 0 Å². The van der Waals surface area contributed by atoms with Crippen LogP contribution in [-0.2, 0) is 0 Å². The first kappa shape index (κ1) is 10.6. The Bertz CT molecular complexity index is 260. The number of amides is 2. The summed E-state index contributed by atoms with van der Waals surface area (Å²) in [7, 11) is 0. The van der Waals surface area contributed by atoms with Gasteiger partial charge in [-0.25, -0.2) is 4.79 Å². The summed E-state index contributed by atoms with van der Waals surface area (Å²) in [6.45, 7) is 0. The normalized spacial score (nSPS) is 8.33. The second-order valence-corrected chi connectivity index (χ2v) is 2.11. The third kappa shape index (κ3) is 3.12. The van der Waals surface area contributed by atoms with E-state index < -0.39 is 6.03 Å². The molecule has 0 bridgehead atoms. The fraction of sp³-hybridized carbons (Fsp3) is 0. The van der Waals surface area contributed by atoms with Gasteiger partial charge in [-0.15, -0.1) is 12.4 Å². The van der Waals surface area contributed by atoms with Gasteiger partial charge in [0.25, 0.3) is 0 Å². The molecule has 0 unspecified atom stereocenters. The Morgan fingerprint density at radius 3 is 2.17 bits per heavy atom. The molecule has 0 aliphatic carbocycles. The van der Waals surface area contributed by atoms with E-state index in [2.05, 4.69) is 5.32 Å². The van der Waals surface area contributed by atoms with E-state index in [1.165, 1.54) is 0 Å². The quantitative estimate of drug-likeness (QED) is 0.577. The van der Waals surface area contributed by atoms with Gasteiger partial charge in [0.05, 0.1) is 0 Å². The molecule has 0 aliphatic heterocycles. The van der Waals surface area contributed by atoms with Gasteiger partial charge < -0.3 is 16.8 Å². The molecule has 0 saturated carbocycles. The SMILES string of the molecule is Cl.NC(=O)Nc1ccc(N)cc1. The van der Waals surface area contributed by atoms with Gasteiger partial charge in [0.1, 0.15) is 0 Å². The summed E-state index contributed by atoms with van der Waals surface area (Å²) >= 11 is 0. The van der Waals surface area contributed by atoms with Gasteiger partial charge in [0.2, 0.25) is 0 Å². The van der Waals surface area contributed by atoms with Crippen molar-refractivity contribution in [3.8, 4) is 0 Å². The molecule has 1 aromatic rings. The van der Waals surface area contributed by atoms with Crippen molar-refractivity contribution in [3.05, 3.63) is 24.3 Å². The van der Waals surface area contributed by atoms with Crippen molar-refractivity contribution in [1.29, 1.82) is 0 Å². The van der Waals surface area contributed by atoms with Crippen LogP contribution in [-0.4, -0.2) is 6.03 Å². The molecule has 4 nitrogen and oxygen atoms in total. The predicted octanol–water partition coefficient (Wildman–Crippen LogP) is 1.18. The highest BCUT2D eigenvalue weighted by Gasteiger charge is 1.93. The monoisotopic (exact) mass is 187 g/mol. The molecule has 1 aromatic carbocycles. The van der Waals surface area contributed by atoms with Gasteiger partial charge in [-0.3, -0.25) is 0 Å². The molecule has 0 spiro atoms. The minimum Gasteiger partial charge on any atom is -0.399 e. The van der Waals surface area contributed by atoms with Crippen LogP contribution in [0.25, 0.3) is 0 Å². The first-order valence-electron chi connectivity index (χ1n) is 3.10. The summed E-state index contributed by atoms with van der Waals surface area (Å²) in [5.74, 6) is 0. The predicted molar refractivity (Wildman–Crippen MR) is 51.3 cm³/mol. The number of urea groups is 1. The smallest absolute Gasteiger partial charge is 0.316 e. The third-order valence-corrected chi connectivity index (χ3v) is 1.18. The summed E-state index contributed by atoms with van der Waals surface area (Å²) in [5, 5.41) is 2.42. The highest BCUT2D eigenvalue weighted by molar-refractivity contribution is 5.87. The van der Waals surface area contributed by atoms with Crippen molar-refractivity contribution in [1.82, 2.24) is 0 Å². The largest absolute Gasteiger partial charge is 0.399 e. The van der Waals surface area contributed by atoms with Gasteiger partial charge in [0, 0.05) is 11.4 Å². The molecule has 0 heterocycles. The number of hydrogen-bond acceptors (Lipinski definition) is 2. The number of rotatable bonds is 1. The van der Waals surface area contributed by atoms with E-state index in [0.29, 0.717) is 11.4 Å². The lowest BCUT2D eigenvalue weighted by Gasteiger charge is -2.00. The number of benzene rings is 1. The maximum atomic E-state index is 10.3. The Morgan fingerprint density at radius 1 is 1.25 bits per heavy atom. The topological polar surface area (TPSA) is 81.1 Å². The lowest BCUT2D eigenvalue weighted by atomic mass is 10.3. The first-order chi connectivity index (χ1) is 5.18. The highest BCUT2D eigenvalue weighted by Crippen LogP contribution is 2.09. The number of nitrogens with one attached hydrogen (secondary N) is 1. The van der Waals surface area contributed by atoms with Crippen LogP contribution in [0.3, 0.4) is 0 Å². The zero-order valence-electron chi connectivity index (χ0n) is 6.28. The van der Waals surface area contributed by atoms with Crippen molar-refractivity contribution < 1.29 is 4.79 Å². The Balaban J connectivity index is 0.00000121. The standard InChI is InChI=1S/C7H9N3O.ClH/c8-5-1-3-6(4-2-5)10-7(9)11;/h1-4H,8H2,(H3,9,10,11);1H. The summed E-state index contributed by atoms with van der Waals surface area (Å²) in [6.07, 6.45) is 0. The van der Waals surface area contributed by atoms with E-state index in [9.17, 15) is 4.79 Å².